The zero-order valence-electron chi connectivity index (χ0n) is 18.1. The molecule has 0 amide bonds. The van der Waals surface area contributed by atoms with Crippen LogP contribution in [0.15, 0.2) is 46.1 Å². The molecule has 5 unspecified atom stereocenters. The maximum absolute atomic E-state index is 13.1. The third kappa shape index (κ3) is 5.23. The number of phosphoric acid groups is 1. The van der Waals surface area contributed by atoms with E-state index in [1.165, 1.54) is 0 Å². The van der Waals surface area contributed by atoms with Crippen molar-refractivity contribution in [1.82, 2.24) is 18.9 Å². The van der Waals surface area contributed by atoms with Crippen LogP contribution in [0.1, 0.15) is 11.9 Å². The van der Waals surface area contributed by atoms with E-state index in [9.17, 15) is 33.8 Å². The van der Waals surface area contributed by atoms with Gasteiger partial charge in [0.2, 0.25) is 0 Å². The van der Waals surface area contributed by atoms with E-state index in [2.05, 4.69) is 13.9 Å². The summed E-state index contributed by atoms with van der Waals surface area (Å²) in [5.74, 6) is 0. The van der Waals surface area contributed by atoms with Crippen molar-refractivity contribution < 1.29 is 42.7 Å². The fourth-order valence-electron chi connectivity index (χ4n) is 3.82. The predicted octanol–water partition coefficient (Wildman–Crippen LogP) is -0.920. The van der Waals surface area contributed by atoms with Crippen molar-refractivity contribution in [3.63, 3.8) is 0 Å². The monoisotopic (exact) mass is 532 g/mol. The molecule has 2 aromatic heterocycles. The van der Waals surface area contributed by atoms with E-state index in [1.807, 2.05) is 12.1 Å². The van der Waals surface area contributed by atoms with Gasteiger partial charge in [-0.25, -0.2) is 13.7 Å². The van der Waals surface area contributed by atoms with Gasteiger partial charge in [-0.2, -0.15) is 5.10 Å². The van der Waals surface area contributed by atoms with Crippen molar-refractivity contribution in [1.29, 1.82) is 0 Å². The van der Waals surface area contributed by atoms with Gasteiger partial charge in [0.05, 0.1) is 24.4 Å². The fourth-order valence-corrected chi connectivity index (χ4v) is 5.15. The zero-order chi connectivity index (χ0) is 25.5. The quantitative estimate of drug-likeness (QED) is 0.260. The summed E-state index contributed by atoms with van der Waals surface area (Å²) >= 11 is 0. The molecule has 4 rings (SSSR count). The average Bonchev–Trinajstić information content (AvgIpc) is 3.25. The number of rotatable bonds is 8. The second-order valence-corrected chi connectivity index (χ2v) is 10.1. The normalized spacial score (nSPS) is 25.1. The van der Waals surface area contributed by atoms with Crippen LogP contribution in [0.4, 0.5) is 0 Å². The van der Waals surface area contributed by atoms with Crippen LogP contribution in [-0.2, 0) is 36.3 Å². The van der Waals surface area contributed by atoms with Crippen molar-refractivity contribution >= 4 is 27.0 Å². The van der Waals surface area contributed by atoms with E-state index in [-0.39, 0.29) is 6.54 Å². The lowest BCUT2D eigenvalue weighted by atomic mass is 10.1. The molecule has 0 aliphatic carbocycles. The summed E-state index contributed by atoms with van der Waals surface area (Å²) in [5, 5.41) is 25.8. The molecule has 1 aliphatic rings. The molecular formula is C18H22N4O11P2. The number of benzene rings is 1. The average molecular weight is 532 g/mol. The molecule has 0 bridgehead atoms. The Balaban J connectivity index is 1.59. The van der Waals surface area contributed by atoms with E-state index in [0.29, 0.717) is 5.69 Å². The van der Waals surface area contributed by atoms with Crippen molar-refractivity contribution in [3.05, 3.63) is 63.1 Å². The molecule has 0 saturated carbocycles. The highest BCUT2D eigenvalue weighted by Gasteiger charge is 2.45. The van der Waals surface area contributed by atoms with Crippen LogP contribution in [0.2, 0.25) is 0 Å². The van der Waals surface area contributed by atoms with Crippen LogP contribution in [0.5, 0.6) is 0 Å². The molecule has 3 heterocycles. The molecule has 6 atom stereocenters. The summed E-state index contributed by atoms with van der Waals surface area (Å²) in [6, 6.07) is 8.33. The standard InChI is InChI=1S/C18H22N4O11P2/c1-20-12-5-3-2-4-10(12)11(19-20)8-22-14(23)6-7-21(18(22)26)17-16(25)15(24)13(32-17)9-31-35(29,30)33-34(27)28/h2-7,13,15-17,24-25,34H,8-9H2,1H3,(H,27,28)(H,29,30)/t13?,15-,16?,17?/m0/s1. The van der Waals surface area contributed by atoms with Crippen LogP contribution in [0, 0.1) is 0 Å². The molecule has 35 heavy (non-hydrogen) atoms. The molecule has 15 nitrogen and oxygen atoms in total. The van der Waals surface area contributed by atoms with Crippen LogP contribution >= 0.6 is 16.1 Å². The number of aryl methyl sites for hydroxylation is 1. The van der Waals surface area contributed by atoms with E-state index < -0.39 is 58.5 Å². The van der Waals surface area contributed by atoms with E-state index in [4.69, 9.17) is 9.63 Å². The summed E-state index contributed by atoms with van der Waals surface area (Å²) in [4.78, 5) is 43.6. The lowest BCUT2D eigenvalue weighted by Crippen LogP contribution is -2.43. The molecule has 0 radical (unpaired) electrons. The topological polar surface area (TPSA) is 205 Å². The van der Waals surface area contributed by atoms with Gasteiger partial charge in [0, 0.05) is 24.7 Å². The summed E-state index contributed by atoms with van der Waals surface area (Å²) in [6.07, 6.45) is -5.15. The van der Waals surface area contributed by atoms with Gasteiger partial charge in [-0.3, -0.25) is 27.7 Å². The highest BCUT2D eigenvalue weighted by molar-refractivity contribution is 7.55. The maximum atomic E-state index is 13.1. The van der Waals surface area contributed by atoms with Gasteiger partial charge in [-0.15, -0.1) is 0 Å². The minimum absolute atomic E-state index is 0.177. The first kappa shape index (κ1) is 25.6. The Labute approximate surface area is 196 Å². The number of ether oxygens (including phenoxy) is 1. The Morgan fingerprint density at radius 1 is 1.20 bits per heavy atom. The predicted molar refractivity (Wildman–Crippen MR) is 119 cm³/mol. The Hall–Kier alpha value is -2.45. The van der Waals surface area contributed by atoms with Crippen LogP contribution in [0.3, 0.4) is 0 Å². The van der Waals surface area contributed by atoms with Gasteiger partial charge in [-0.1, -0.05) is 18.2 Å². The Morgan fingerprint density at radius 2 is 1.91 bits per heavy atom. The van der Waals surface area contributed by atoms with Crippen molar-refractivity contribution in [2.24, 2.45) is 7.05 Å². The van der Waals surface area contributed by atoms with E-state index in [1.54, 1.807) is 23.9 Å². The summed E-state index contributed by atoms with van der Waals surface area (Å²) in [5.41, 5.74) is -0.239. The number of aliphatic hydroxyl groups is 2. The van der Waals surface area contributed by atoms with Crippen LogP contribution in [-0.4, -0.2) is 63.8 Å². The molecule has 3 aromatic rings. The van der Waals surface area contributed by atoms with Crippen LogP contribution < -0.4 is 11.2 Å². The number of hydrogen-bond donors (Lipinski definition) is 4. The first-order valence-electron chi connectivity index (χ1n) is 10.1. The van der Waals surface area contributed by atoms with E-state index in [0.717, 1.165) is 32.3 Å². The molecule has 1 aliphatic heterocycles. The summed E-state index contributed by atoms with van der Waals surface area (Å²) in [6.45, 7) is -0.991. The number of phosphoric ester groups is 1. The van der Waals surface area contributed by atoms with Gasteiger partial charge in [-0.05, 0) is 6.07 Å². The number of para-hydroxylation sites is 1. The smallest absolute Gasteiger partial charge is 0.387 e. The van der Waals surface area contributed by atoms with Gasteiger partial charge in [0.1, 0.15) is 18.3 Å². The van der Waals surface area contributed by atoms with Gasteiger partial charge >= 0.3 is 21.8 Å². The van der Waals surface area contributed by atoms with Gasteiger partial charge in [0.15, 0.2) is 6.23 Å². The molecule has 17 heteroatoms. The minimum Gasteiger partial charge on any atom is -0.387 e. The lowest BCUT2D eigenvalue weighted by Gasteiger charge is -2.18. The first-order chi connectivity index (χ1) is 16.5. The van der Waals surface area contributed by atoms with Crippen molar-refractivity contribution in [3.8, 4) is 0 Å². The third-order valence-electron chi connectivity index (χ3n) is 5.44. The Kier molecular flexibility index (Phi) is 7.25. The minimum atomic E-state index is -4.93. The molecule has 0 spiro atoms. The summed E-state index contributed by atoms with van der Waals surface area (Å²) < 4.78 is 39.5. The highest BCUT2D eigenvalue weighted by atomic mass is 31.2. The largest absolute Gasteiger partial charge is 0.479 e. The number of fused-ring (bicyclic) bond motifs is 1. The number of hydrogen-bond acceptors (Lipinski definition) is 10. The molecule has 1 saturated heterocycles. The second-order valence-electron chi connectivity index (χ2n) is 7.69. The molecule has 1 fully saturated rings. The number of aromatic nitrogens is 4. The van der Waals surface area contributed by atoms with Crippen LogP contribution in [0.25, 0.3) is 10.9 Å². The Morgan fingerprint density at radius 3 is 2.63 bits per heavy atom. The zero-order valence-corrected chi connectivity index (χ0v) is 20.0. The molecular weight excluding hydrogens is 510 g/mol. The molecule has 190 valence electrons. The summed E-state index contributed by atoms with van der Waals surface area (Å²) in [7, 11) is -7.00. The molecule has 4 N–H and O–H groups in total. The maximum Gasteiger partial charge on any atom is 0.479 e. The highest BCUT2D eigenvalue weighted by Crippen LogP contribution is 2.51. The SMILES string of the molecule is Cn1nc(Cn2c(=O)ccn(C3OC(COP(=O)(O)O[PH](=O)O)[C@H](O)C3O)c2=O)c2ccccc21. The van der Waals surface area contributed by atoms with Gasteiger partial charge < -0.3 is 24.7 Å². The Bertz CT molecular complexity index is 1430. The lowest BCUT2D eigenvalue weighted by molar-refractivity contribution is -0.0545. The second kappa shape index (κ2) is 9.90. The van der Waals surface area contributed by atoms with Gasteiger partial charge in [0.25, 0.3) is 5.56 Å². The third-order valence-corrected chi connectivity index (χ3v) is 7.47. The molecule has 1 aromatic carbocycles. The van der Waals surface area contributed by atoms with Crippen molar-refractivity contribution in [2.75, 3.05) is 6.61 Å². The number of nitrogens with zero attached hydrogens (tertiary/aromatic N) is 4. The first-order valence-corrected chi connectivity index (χ1v) is 12.9. The van der Waals surface area contributed by atoms with E-state index >= 15 is 0 Å². The fraction of sp³-hybridized carbons (Fsp3) is 0.389. The van der Waals surface area contributed by atoms with Crippen molar-refractivity contribution in [2.45, 2.75) is 31.1 Å². The number of aliphatic hydroxyl groups excluding tert-OH is 2.